The van der Waals surface area contributed by atoms with E-state index in [0.717, 1.165) is 44.9 Å². The summed E-state index contributed by atoms with van der Waals surface area (Å²) < 4.78 is 34.1. The average molecular weight is 815 g/mol. The molecule has 0 saturated carbocycles. The maximum Gasteiger partial charge on any atom is 0.472 e. The molecule has 0 radical (unpaired) electrons. The summed E-state index contributed by atoms with van der Waals surface area (Å²) in [5, 5.41) is 20.2. The zero-order valence-electron chi connectivity index (χ0n) is 35.8. The lowest BCUT2D eigenvalue weighted by atomic mass is 10.0. The number of hydrogen-bond acceptors (Lipinski definition) is 9. The molecule has 56 heavy (non-hydrogen) atoms. The zero-order chi connectivity index (χ0) is 41.8. The number of allylic oxidation sites excluding steroid dienone is 6. The summed E-state index contributed by atoms with van der Waals surface area (Å²) in [6, 6.07) is 0. The van der Waals surface area contributed by atoms with Crippen LogP contribution in [-0.2, 0) is 32.7 Å². The van der Waals surface area contributed by atoms with Gasteiger partial charge in [-0.15, -0.1) is 0 Å². The van der Waals surface area contributed by atoms with E-state index in [0.29, 0.717) is 36.7 Å². The van der Waals surface area contributed by atoms with Crippen molar-refractivity contribution in [2.45, 2.75) is 173 Å². The number of phosphoric ester groups is 1. The largest absolute Gasteiger partial charge is 0.472 e. The number of likely N-dealkylation sites (N-methyl/N-ethyl adjacent to an activating group) is 1. The molecule has 326 valence electrons. The van der Waals surface area contributed by atoms with E-state index < -0.39 is 44.7 Å². The summed E-state index contributed by atoms with van der Waals surface area (Å²) in [5.74, 6) is -1.03. The summed E-state index contributed by atoms with van der Waals surface area (Å²) in [4.78, 5) is 35.3. The monoisotopic (exact) mass is 815 g/mol. The Hall–Kier alpha value is -2.11. The summed E-state index contributed by atoms with van der Waals surface area (Å²) in [5.41, 5.74) is 0. The lowest BCUT2D eigenvalue weighted by Gasteiger charge is -2.24. The lowest BCUT2D eigenvalue weighted by molar-refractivity contribution is -0.870. The molecule has 1 unspecified atom stereocenters. The Morgan fingerprint density at radius 2 is 1.11 bits per heavy atom. The Kier molecular flexibility index (Phi) is 34.6. The van der Waals surface area contributed by atoms with Crippen molar-refractivity contribution >= 4 is 19.8 Å². The smallest absolute Gasteiger partial charge is 0.462 e. The number of carbonyl (C=O) groups excluding carboxylic acids is 2. The first-order valence-corrected chi connectivity index (χ1v) is 23.1. The molecule has 12 heteroatoms. The van der Waals surface area contributed by atoms with Crippen molar-refractivity contribution in [1.29, 1.82) is 0 Å². The second-order valence-corrected chi connectivity index (χ2v) is 17.2. The first-order valence-electron chi connectivity index (χ1n) is 21.6. The van der Waals surface area contributed by atoms with Crippen LogP contribution in [0.2, 0.25) is 0 Å². The average Bonchev–Trinajstić information content (AvgIpc) is 3.13. The van der Waals surface area contributed by atoms with Gasteiger partial charge in [0, 0.05) is 12.8 Å². The first-order chi connectivity index (χ1) is 26.8. The van der Waals surface area contributed by atoms with Crippen molar-refractivity contribution < 1.29 is 52.3 Å². The molecule has 4 atom stereocenters. The van der Waals surface area contributed by atoms with Crippen LogP contribution in [0, 0.1) is 0 Å². The Morgan fingerprint density at radius 1 is 0.625 bits per heavy atom. The molecule has 0 aromatic heterocycles. The zero-order valence-corrected chi connectivity index (χ0v) is 36.7. The predicted molar refractivity (Wildman–Crippen MR) is 227 cm³/mol. The number of carbonyl (C=O) groups is 2. The van der Waals surface area contributed by atoms with Gasteiger partial charge in [0.1, 0.15) is 19.8 Å². The molecule has 3 N–H and O–H groups in total. The van der Waals surface area contributed by atoms with Crippen molar-refractivity contribution in [2.24, 2.45) is 0 Å². The van der Waals surface area contributed by atoms with Crippen molar-refractivity contribution in [2.75, 3.05) is 47.5 Å². The third-order valence-corrected chi connectivity index (χ3v) is 10.1. The molecule has 0 aromatic rings. The van der Waals surface area contributed by atoms with Gasteiger partial charge in [-0.25, -0.2) is 4.57 Å². The van der Waals surface area contributed by atoms with Gasteiger partial charge in [0.05, 0.1) is 40.0 Å². The first kappa shape index (κ1) is 53.9. The van der Waals surface area contributed by atoms with Crippen molar-refractivity contribution in [3.8, 4) is 0 Å². The second kappa shape index (κ2) is 36.0. The van der Waals surface area contributed by atoms with E-state index in [-0.39, 0.29) is 26.1 Å². The minimum absolute atomic E-state index is 0.00590. The molecule has 0 fully saturated rings. The number of phosphoric acid groups is 1. The molecule has 11 nitrogen and oxygen atoms in total. The minimum atomic E-state index is -4.43. The van der Waals surface area contributed by atoms with Crippen LogP contribution < -0.4 is 0 Å². The van der Waals surface area contributed by atoms with Crippen LogP contribution in [0.5, 0.6) is 0 Å². The van der Waals surface area contributed by atoms with E-state index in [1.165, 1.54) is 57.8 Å². The highest BCUT2D eigenvalue weighted by Gasteiger charge is 2.27. The van der Waals surface area contributed by atoms with Crippen molar-refractivity contribution in [1.82, 2.24) is 0 Å². The maximum absolute atomic E-state index is 12.7. The highest BCUT2D eigenvalue weighted by Crippen LogP contribution is 2.43. The third-order valence-electron chi connectivity index (χ3n) is 9.07. The van der Waals surface area contributed by atoms with Crippen LogP contribution in [0.1, 0.15) is 155 Å². The van der Waals surface area contributed by atoms with Crippen molar-refractivity contribution in [3.05, 3.63) is 48.6 Å². The van der Waals surface area contributed by atoms with Crippen molar-refractivity contribution in [3.63, 3.8) is 0 Å². The van der Waals surface area contributed by atoms with Gasteiger partial charge in [-0.3, -0.25) is 18.6 Å². The quantitative estimate of drug-likeness (QED) is 0.0181. The number of ether oxygens (including phenoxy) is 2. The Balaban J connectivity index is 4.61. The van der Waals surface area contributed by atoms with Gasteiger partial charge < -0.3 is 29.1 Å². The second-order valence-electron chi connectivity index (χ2n) is 15.8. The van der Waals surface area contributed by atoms with Crippen LogP contribution in [-0.4, -0.2) is 97.3 Å². The number of hydrogen-bond donors (Lipinski definition) is 3. The van der Waals surface area contributed by atoms with Gasteiger partial charge in [0.2, 0.25) is 0 Å². The van der Waals surface area contributed by atoms with E-state index in [1.807, 2.05) is 51.5 Å². The Labute approximate surface area is 340 Å². The van der Waals surface area contributed by atoms with Crippen LogP contribution >= 0.6 is 7.82 Å². The molecule has 0 bridgehead atoms. The molecule has 0 aliphatic heterocycles. The highest BCUT2D eigenvalue weighted by atomic mass is 31.2. The predicted octanol–water partition coefficient (Wildman–Crippen LogP) is 9.85. The Morgan fingerprint density at radius 3 is 1.64 bits per heavy atom. The van der Waals surface area contributed by atoms with Gasteiger partial charge >= 0.3 is 19.8 Å². The normalized spacial score (nSPS) is 15.2. The van der Waals surface area contributed by atoms with Crippen LogP contribution in [0.3, 0.4) is 0 Å². The van der Waals surface area contributed by atoms with Gasteiger partial charge in [-0.2, -0.15) is 0 Å². The van der Waals surface area contributed by atoms with E-state index in [4.69, 9.17) is 18.5 Å². The van der Waals surface area contributed by atoms with Gasteiger partial charge in [-0.1, -0.05) is 159 Å². The fraction of sp³-hybridized carbons (Fsp3) is 0.773. The molecule has 0 amide bonds. The molecule has 0 rings (SSSR count). The standard InChI is InChI=1S/C44H80NO10P/c1-6-8-10-11-12-13-14-15-16-17-21-24-28-34-44(49)55-42(39-54-56(50,51)53-37-36-45(3,4)5)38-52-43(48)35-29-33-41(47)32-27-23-20-18-19-22-26-31-40(46)30-25-9-7-2/h19-20,22-23,26-27,31-32,40-42,46-47H,6-18,21,24-25,28-30,33-39H2,1-5H3/p+1/b22-19-,23-20-,31-26+,32-27+/t40-,41-,42+/m0/s1. The van der Waals surface area contributed by atoms with E-state index in [2.05, 4.69) is 13.8 Å². The van der Waals surface area contributed by atoms with Gasteiger partial charge in [0.15, 0.2) is 6.10 Å². The molecule has 0 aliphatic rings. The molecule has 0 heterocycles. The van der Waals surface area contributed by atoms with Gasteiger partial charge in [-0.05, 0) is 32.1 Å². The number of rotatable bonds is 38. The number of unbranched alkanes of at least 4 members (excludes halogenated alkanes) is 14. The molecular formula is C44H81NO10P+. The number of quaternary nitrogens is 1. The third kappa shape index (κ3) is 38.7. The summed E-state index contributed by atoms with van der Waals surface area (Å²) in [6.45, 7) is 4.05. The summed E-state index contributed by atoms with van der Waals surface area (Å²) in [7, 11) is 1.35. The summed E-state index contributed by atoms with van der Waals surface area (Å²) in [6.07, 6.45) is 33.7. The van der Waals surface area contributed by atoms with E-state index in [9.17, 15) is 29.3 Å². The van der Waals surface area contributed by atoms with Crippen LogP contribution in [0.15, 0.2) is 48.6 Å². The molecule has 0 aromatic carbocycles. The fourth-order valence-electron chi connectivity index (χ4n) is 5.58. The number of esters is 2. The number of aliphatic hydroxyl groups is 2. The molecule has 0 spiro atoms. The van der Waals surface area contributed by atoms with Gasteiger partial charge in [0.25, 0.3) is 0 Å². The summed E-state index contributed by atoms with van der Waals surface area (Å²) >= 11 is 0. The topological polar surface area (TPSA) is 149 Å². The highest BCUT2D eigenvalue weighted by molar-refractivity contribution is 7.47. The van der Waals surface area contributed by atoms with E-state index >= 15 is 0 Å². The number of aliphatic hydroxyl groups excluding tert-OH is 2. The van der Waals surface area contributed by atoms with Crippen LogP contribution in [0.4, 0.5) is 0 Å². The maximum atomic E-state index is 12.7. The number of nitrogens with zero attached hydrogens (tertiary/aromatic N) is 1. The molecule has 0 saturated heterocycles. The molecule has 0 aliphatic carbocycles. The van der Waals surface area contributed by atoms with E-state index in [1.54, 1.807) is 18.2 Å². The fourth-order valence-corrected chi connectivity index (χ4v) is 6.32. The SMILES string of the molecule is CCCCCCCCCCCCCCCC(=O)O[C@H](COC(=O)CCC[C@@H](O)/C=C/C=C\C/C=C\C=C\[C@@H](O)CCCCC)COP(=O)(O)OCC[N+](C)(C)C. The Bertz CT molecular complexity index is 1130. The molecular weight excluding hydrogens is 733 g/mol. The van der Waals surface area contributed by atoms with Crippen LogP contribution in [0.25, 0.3) is 0 Å². The minimum Gasteiger partial charge on any atom is -0.462 e. The lowest BCUT2D eigenvalue weighted by Crippen LogP contribution is -2.37.